The van der Waals surface area contributed by atoms with E-state index in [4.69, 9.17) is 40.5 Å². The lowest BCUT2D eigenvalue weighted by Crippen LogP contribution is -2.36. The first-order valence-electron chi connectivity index (χ1n) is 17.6. The van der Waals surface area contributed by atoms with Crippen molar-refractivity contribution in [3.63, 3.8) is 0 Å². The van der Waals surface area contributed by atoms with E-state index in [2.05, 4.69) is 10.1 Å². The van der Waals surface area contributed by atoms with Gasteiger partial charge in [-0.1, -0.05) is 29.3 Å². The van der Waals surface area contributed by atoms with Crippen LogP contribution in [0.15, 0.2) is 4.79 Å². The van der Waals surface area contributed by atoms with E-state index in [0.29, 0.717) is 11.3 Å². The molecule has 27 heavy (non-hydrogen) atoms. The minimum atomic E-state index is -3.88. The van der Waals surface area contributed by atoms with E-state index in [1.54, 1.807) is 0 Å². The quantitative estimate of drug-likeness (QED) is 0.700. The number of fused-ring (bicyclic) bond motifs is 1. The van der Waals surface area contributed by atoms with Crippen LogP contribution < -0.4 is 10.9 Å². The lowest BCUT2D eigenvalue weighted by Gasteiger charge is -2.26. The minimum Gasteiger partial charge on any atom is -0.505 e. The Labute approximate surface area is 196 Å². The second-order valence-corrected chi connectivity index (χ2v) is 6.40. The minimum absolute atomic E-state index is 0.213. The maximum Gasteiger partial charge on any atom is 0.293 e. The summed E-state index contributed by atoms with van der Waals surface area (Å²) in [5.74, 6) is -2.99. The number of piperidine rings is 1. The number of amides is 1. The van der Waals surface area contributed by atoms with Gasteiger partial charge in [-0.25, -0.2) is 4.98 Å². The SMILES string of the molecule is [2H]Oc1c(C(=O)N([2H])C([2H])CC([2H])N2C([2H])([2H])C([2H])([2H])C([2H])([2H])C([2H])([2H])C2([2H])[2H])c(=O)n(C([2H])(C([2H])([2H])[2H])C([2H])([2H])[2H])c2nc(Cl)sc12. The zero-order valence-electron chi connectivity index (χ0n) is 34.2. The van der Waals surface area contributed by atoms with Gasteiger partial charge in [0.2, 0.25) is 0 Å². The Balaban J connectivity index is 2.19. The number of aromatic hydroxyl groups is 1. The second kappa shape index (κ2) is 8.58. The van der Waals surface area contributed by atoms with Crippen molar-refractivity contribution in [2.24, 2.45) is 0 Å². The lowest BCUT2D eigenvalue weighted by atomic mass is 10.1. The van der Waals surface area contributed by atoms with Gasteiger partial charge in [-0.2, -0.15) is 0 Å². The summed E-state index contributed by atoms with van der Waals surface area (Å²) in [5.41, 5.74) is -4.32. The molecule has 1 saturated heterocycles. The zero-order chi connectivity index (χ0) is 37.8. The van der Waals surface area contributed by atoms with Gasteiger partial charge in [-0.15, -0.1) is 0 Å². The molecule has 0 saturated carbocycles. The Bertz CT molecular complexity index is 1610. The monoisotopic (exact) mass is 433 g/mol. The Morgan fingerprint density at radius 2 is 2.37 bits per heavy atom. The molecule has 1 aliphatic heterocycles. The maximum absolute atomic E-state index is 13.8. The van der Waals surface area contributed by atoms with Crippen LogP contribution in [-0.4, -0.2) is 52.9 Å². The maximum atomic E-state index is 13.8. The van der Waals surface area contributed by atoms with Gasteiger partial charge in [0.15, 0.2) is 17.3 Å². The molecule has 7 nitrogen and oxygen atoms in total. The molecule has 3 heterocycles. The third-order valence-electron chi connectivity index (χ3n) is 3.16. The van der Waals surface area contributed by atoms with Crippen LogP contribution in [0.1, 0.15) is 81.7 Å². The number of pyridine rings is 1. The van der Waals surface area contributed by atoms with Crippen LogP contribution in [0.5, 0.6) is 5.75 Å². The van der Waals surface area contributed by atoms with Gasteiger partial charge < -0.3 is 15.3 Å². The first-order valence-corrected chi connectivity index (χ1v) is 8.28. The zero-order valence-corrected chi connectivity index (χ0v) is 14.7. The lowest BCUT2D eigenvalue weighted by molar-refractivity contribution is 0.0946. The van der Waals surface area contributed by atoms with Gasteiger partial charge in [0.05, 0.1) is 1.37 Å². The topological polar surface area (TPSA) is 87.5 Å². The number of hydrogen-bond acceptors (Lipinski definition) is 6. The van der Waals surface area contributed by atoms with Crippen molar-refractivity contribution in [3.05, 3.63) is 20.4 Å². The van der Waals surface area contributed by atoms with Gasteiger partial charge >= 0.3 is 0 Å². The molecular formula is C18H25ClN4O3S. The number of nitrogens with one attached hydrogen (secondary N) is 1. The molecular weight excluding hydrogens is 388 g/mol. The summed E-state index contributed by atoms with van der Waals surface area (Å²) < 4.78 is 167. The number of nitrogens with zero attached hydrogens (tertiary/aromatic N) is 3. The molecule has 1 aliphatic rings. The Kier molecular flexibility index (Phi) is 2.04. The van der Waals surface area contributed by atoms with E-state index in [1.807, 2.05) is 0 Å². The summed E-state index contributed by atoms with van der Waals surface area (Å²) in [5, 5.41) is 3.98. The van der Waals surface area contributed by atoms with E-state index in [0.717, 1.165) is 0 Å². The molecule has 2 unspecified atom stereocenters. The summed E-state index contributed by atoms with van der Waals surface area (Å²) in [6.45, 7) is -20.2. The molecule has 0 radical (unpaired) electrons. The smallest absolute Gasteiger partial charge is 0.293 e. The number of rotatable bonds is 7. The predicted molar refractivity (Wildman–Crippen MR) is 108 cm³/mol. The van der Waals surface area contributed by atoms with E-state index >= 15 is 0 Å². The van der Waals surface area contributed by atoms with Crippen LogP contribution >= 0.6 is 22.9 Å². The molecule has 0 aliphatic carbocycles. The molecule has 1 amide bonds. The largest absolute Gasteiger partial charge is 0.505 e. The van der Waals surface area contributed by atoms with Gasteiger partial charge in [-0.3, -0.25) is 14.2 Å². The standard InChI is InChI=1S/C18H25ClN4O3S/c1-11(2)23-15-14(27-18(19)21-15)13(24)12(17(23)26)16(25)20-7-6-10-22-8-4-3-5-9-22/h11,24H,3-10H2,1-2H3,(H,20,25)/i1D3,2D3,3D2,4D2,5D2,7D,8D2,9D2,10D,11D/hD2. The Hall–Kier alpha value is -1.64. The van der Waals surface area contributed by atoms with E-state index in [9.17, 15) is 9.59 Å². The molecule has 3 rings (SSSR count). The molecule has 2 N–H and O–H groups in total. The number of carbonyl (C=O) groups is 1. The van der Waals surface area contributed by atoms with Crippen LogP contribution in [0.3, 0.4) is 0 Å². The van der Waals surface area contributed by atoms with Crippen molar-refractivity contribution in [1.82, 2.24) is 19.8 Å². The first kappa shape index (κ1) is 6.43. The Morgan fingerprint density at radius 1 is 1.59 bits per heavy atom. The molecule has 9 heteroatoms. The van der Waals surface area contributed by atoms with Crippen LogP contribution in [0.4, 0.5) is 0 Å². The van der Waals surface area contributed by atoms with Crippen molar-refractivity contribution in [3.8, 4) is 5.75 Å². The van der Waals surface area contributed by atoms with Crippen LogP contribution in [0.25, 0.3) is 10.3 Å². The highest BCUT2D eigenvalue weighted by atomic mass is 35.5. The summed E-state index contributed by atoms with van der Waals surface area (Å²) in [7, 11) is 0. The van der Waals surface area contributed by atoms with Gasteiger partial charge in [0.25, 0.3) is 12.9 Å². The molecule has 2 aromatic heterocycles. The molecule has 0 aromatic carbocycles. The Morgan fingerprint density at radius 3 is 3.07 bits per heavy atom. The van der Waals surface area contributed by atoms with Crippen molar-refractivity contribution in [2.75, 3.05) is 26.0 Å². The van der Waals surface area contributed by atoms with Crippen LogP contribution in [-0.2, 0) is 0 Å². The van der Waals surface area contributed by atoms with Gasteiger partial charge in [0, 0.05) is 37.2 Å². The van der Waals surface area contributed by atoms with E-state index < -0.39 is 114 Å². The molecule has 0 bridgehead atoms. The van der Waals surface area contributed by atoms with Gasteiger partial charge in [-0.05, 0) is 52.4 Å². The highest BCUT2D eigenvalue weighted by Gasteiger charge is 2.25. The second-order valence-electron chi connectivity index (χ2n) is 4.82. The van der Waals surface area contributed by atoms with E-state index in [1.165, 1.54) is 0 Å². The van der Waals surface area contributed by atoms with Crippen LogP contribution in [0.2, 0.25) is 5.88 Å². The van der Waals surface area contributed by atoms with Crippen LogP contribution in [0, 0.1) is 0 Å². The average Bonchev–Trinajstić information content (AvgIpc) is 3.28. The summed E-state index contributed by atoms with van der Waals surface area (Å²) in [6.07, 6.45) is -12.8. The number of hydrogen-bond donors (Lipinski definition) is 2. The normalized spacial score (nSPS) is 39.8. The highest BCUT2D eigenvalue weighted by Crippen LogP contribution is 2.34. The predicted octanol–water partition coefficient (Wildman–Crippen LogP) is 3.00. The number of halogens is 1. The molecule has 1 fully saturated rings. The van der Waals surface area contributed by atoms with Gasteiger partial charge in [0.1, 0.15) is 10.3 Å². The fraction of sp³-hybridized carbons (Fsp3) is 0.611. The first-order chi connectivity index (χ1) is 21.2. The highest BCUT2D eigenvalue weighted by molar-refractivity contribution is 7.22. The third kappa shape index (κ3) is 4.28. The molecule has 2 aromatic rings. The number of thiazole rings is 1. The van der Waals surface area contributed by atoms with Crippen molar-refractivity contribution >= 4 is 39.2 Å². The van der Waals surface area contributed by atoms with Crippen molar-refractivity contribution < 1.29 is 37.4 Å². The fourth-order valence-corrected chi connectivity index (χ4v) is 3.12. The molecule has 2 atom stereocenters. The number of likely N-dealkylation sites (tertiary alicyclic amines) is 1. The average molecular weight is 434 g/mol. The van der Waals surface area contributed by atoms with Crippen molar-refractivity contribution in [2.45, 2.75) is 45.3 Å². The van der Waals surface area contributed by atoms with Crippen molar-refractivity contribution in [1.29, 1.82) is 1.43 Å². The fourth-order valence-electron chi connectivity index (χ4n) is 2.08. The molecule has 148 valence electrons. The third-order valence-corrected chi connectivity index (χ3v) is 4.31. The molecule has 0 spiro atoms. The van der Waals surface area contributed by atoms with E-state index in [-0.39, 0.29) is 9.47 Å². The number of carbonyl (C=O) groups excluding carboxylic acids is 1. The summed E-state index contributed by atoms with van der Waals surface area (Å²) >= 11 is 6.24. The summed E-state index contributed by atoms with van der Waals surface area (Å²) in [4.78, 5) is 30.7. The summed E-state index contributed by atoms with van der Waals surface area (Å²) in [6, 6.07) is -3.88. The number of aromatic nitrogens is 2.